The fraction of sp³-hybridized carbons (Fsp3) is 0.429. The van der Waals surface area contributed by atoms with Crippen molar-refractivity contribution in [1.82, 2.24) is 0 Å². The Balaban J connectivity index is 0. The lowest BCUT2D eigenvalue weighted by Crippen LogP contribution is -1.79. The molecule has 0 heteroatoms. The molecule has 0 aliphatic heterocycles. The number of aryl methyl sites for hydroxylation is 3. The van der Waals surface area contributed by atoms with Crippen LogP contribution in [0.4, 0.5) is 0 Å². The Morgan fingerprint density at radius 1 is 1.00 bits per heavy atom. The van der Waals surface area contributed by atoms with E-state index in [2.05, 4.69) is 45.5 Å². The van der Waals surface area contributed by atoms with Gasteiger partial charge in [0.1, 0.15) is 0 Å². The van der Waals surface area contributed by atoms with E-state index in [1.165, 1.54) is 16.7 Å². The molecule has 0 radical (unpaired) electrons. The molecular weight excluding hydrogens is 168 g/mol. The van der Waals surface area contributed by atoms with Gasteiger partial charge in [-0.3, -0.25) is 0 Å². The van der Waals surface area contributed by atoms with Gasteiger partial charge in [-0.05, 0) is 38.8 Å². The van der Waals surface area contributed by atoms with Gasteiger partial charge in [0.25, 0.3) is 0 Å². The van der Waals surface area contributed by atoms with Crippen LogP contribution in [-0.4, -0.2) is 0 Å². The van der Waals surface area contributed by atoms with Crippen molar-refractivity contribution in [3.8, 4) is 0 Å². The summed E-state index contributed by atoms with van der Waals surface area (Å²) in [5.74, 6) is 0. The predicted molar refractivity (Wildman–Crippen MR) is 67.9 cm³/mol. The van der Waals surface area contributed by atoms with E-state index in [9.17, 15) is 0 Å². The largest absolute Gasteiger partial charge is 0.103 e. The highest BCUT2D eigenvalue weighted by Crippen LogP contribution is 2.07. The van der Waals surface area contributed by atoms with Crippen molar-refractivity contribution >= 4 is 0 Å². The summed E-state index contributed by atoms with van der Waals surface area (Å²) in [4.78, 5) is 0. The van der Waals surface area contributed by atoms with Crippen LogP contribution in [0.25, 0.3) is 0 Å². The van der Waals surface area contributed by atoms with Crippen LogP contribution in [0.2, 0.25) is 0 Å². The molecule has 1 aromatic rings. The molecule has 0 nitrogen and oxygen atoms in total. The molecule has 0 saturated carbocycles. The van der Waals surface area contributed by atoms with Gasteiger partial charge in [0.05, 0.1) is 0 Å². The summed E-state index contributed by atoms with van der Waals surface area (Å²) in [5, 5.41) is 0. The van der Waals surface area contributed by atoms with Crippen LogP contribution in [0, 0.1) is 20.8 Å². The zero-order chi connectivity index (χ0) is 11.6. The molecule has 0 N–H and O–H groups in total. The average Bonchev–Trinajstić information content (AvgIpc) is 2.17. The minimum absolute atomic E-state index is 1.35. The number of hydrogen-bond acceptors (Lipinski definition) is 0. The normalized spacial score (nSPS) is 7.57. The quantitative estimate of drug-likeness (QED) is 0.516. The molecule has 0 aliphatic rings. The fourth-order valence-corrected chi connectivity index (χ4v) is 0.891. The van der Waals surface area contributed by atoms with Crippen molar-refractivity contribution in [2.75, 3.05) is 0 Å². The average molecular weight is 192 g/mol. The van der Waals surface area contributed by atoms with Gasteiger partial charge < -0.3 is 0 Å². The molecule has 0 amide bonds. The Morgan fingerprint density at radius 3 is 1.71 bits per heavy atom. The summed E-state index contributed by atoms with van der Waals surface area (Å²) in [7, 11) is 0. The van der Waals surface area contributed by atoms with Gasteiger partial charge in [-0.1, -0.05) is 43.7 Å². The number of rotatable bonds is 0. The number of hydrogen-bond donors (Lipinski definition) is 0. The predicted octanol–water partition coefficient (Wildman–Crippen LogP) is 4.83. The first kappa shape index (κ1) is 15.4. The highest BCUT2D eigenvalue weighted by atomic mass is 13.9. The van der Waals surface area contributed by atoms with Gasteiger partial charge in [0.2, 0.25) is 0 Å². The van der Waals surface area contributed by atoms with Crippen molar-refractivity contribution in [2.24, 2.45) is 0 Å². The molecule has 0 atom stereocenters. The lowest BCUT2D eigenvalue weighted by Gasteiger charge is -1.98. The van der Waals surface area contributed by atoms with Crippen LogP contribution < -0.4 is 0 Å². The maximum Gasteiger partial charge on any atom is -0.0395 e. The first-order valence-electron chi connectivity index (χ1n) is 5.22. The van der Waals surface area contributed by atoms with Crippen LogP contribution in [0.5, 0.6) is 0 Å². The highest BCUT2D eigenvalue weighted by molar-refractivity contribution is 5.28. The third-order valence-electron chi connectivity index (χ3n) is 1.66. The minimum Gasteiger partial charge on any atom is -0.103 e. The molecule has 1 aromatic carbocycles. The Morgan fingerprint density at radius 2 is 1.43 bits per heavy atom. The lowest BCUT2D eigenvalue weighted by atomic mass is 10.1. The Bertz CT molecular complexity index is 246. The molecular formula is C14H24. The number of benzene rings is 1. The van der Waals surface area contributed by atoms with Crippen LogP contribution in [0.1, 0.15) is 37.5 Å². The van der Waals surface area contributed by atoms with E-state index >= 15 is 0 Å². The summed E-state index contributed by atoms with van der Waals surface area (Å²) >= 11 is 0. The summed E-state index contributed by atoms with van der Waals surface area (Å²) in [5.41, 5.74) is 4.11. The lowest BCUT2D eigenvalue weighted by molar-refractivity contribution is 1.30. The monoisotopic (exact) mass is 192 g/mol. The smallest absolute Gasteiger partial charge is 0.0395 e. The Labute approximate surface area is 89.7 Å². The summed E-state index contributed by atoms with van der Waals surface area (Å²) < 4.78 is 0. The molecule has 0 fully saturated rings. The summed E-state index contributed by atoms with van der Waals surface area (Å²) in [6, 6.07) is 6.50. The second kappa shape index (κ2) is 10.0. The van der Waals surface area contributed by atoms with E-state index in [0.29, 0.717) is 0 Å². The van der Waals surface area contributed by atoms with Gasteiger partial charge in [0, 0.05) is 0 Å². The first-order valence-corrected chi connectivity index (χ1v) is 5.22. The fourth-order valence-electron chi connectivity index (χ4n) is 0.891. The van der Waals surface area contributed by atoms with Crippen LogP contribution in [0.3, 0.4) is 0 Å². The SMILES string of the molecule is C=CC.CC.Cc1ccc(C)c(C)c1. The van der Waals surface area contributed by atoms with Gasteiger partial charge in [-0.2, -0.15) is 0 Å². The van der Waals surface area contributed by atoms with E-state index in [-0.39, 0.29) is 0 Å². The van der Waals surface area contributed by atoms with Crippen LogP contribution in [0.15, 0.2) is 30.9 Å². The second-order valence-electron chi connectivity index (χ2n) is 3.00. The molecule has 0 saturated heterocycles. The Kier molecular flexibility index (Phi) is 11.1. The van der Waals surface area contributed by atoms with Crippen molar-refractivity contribution in [3.05, 3.63) is 47.5 Å². The second-order valence-corrected chi connectivity index (χ2v) is 3.00. The molecule has 0 spiro atoms. The van der Waals surface area contributed by atoms with E-state index in [0.717, 1.165) is 0 Å². The van der Waals surface area contributed by atoms with E-state index in [1.807, 2.05) is 20.8 Å². The molecule has 0 heterocycles. The zero-order valence-corrected chi connectivity index (χ0v) is 10.5. The van der Waals surface area contributed by atoms with E-state index in [4.69, 9.17) is 0 Å². The van der Waals surface area contributed by atoms with Crippen LogP contribution >= 0.6 is 0 Å². The standard InChI is InChI=1S/C9H12.C3H6.C2H6/c1-7-4-5-8(2)9(3)6-7;1-3-2;1-2/h4-6H,1-3H3;3H,1H2,2H3;1-2H3. The third-order valence-corrected chi connectivity index (χ3v) is 1.66. The van der Waals surface area contributed by atoms with E-state index < -0.39 is 0 Å². The van der Waals surface area contributed by atoms with Crippen molar-refractivity contribution in [1.29, 1.82) is 0 Å². The van der Waals surface area contributed by atoms with Gasteiger partial charge >= 0.3 is 0 Å². The molecule has 0 aromatic heterocycles. The van der Waals surface area contributed by atoms with Crippen LogP contribution in [-0.2, 0) is 0 Å². The molecule has 0 bridgehead atoms. The molecule has 1 rings (SSSR count). The van der Waals surface area contributed by atoms with Crippen molar-refractivity contribution in [3.63, 3.8) is 0 Å². The third kappa shape index (κ3) is 7.60. The van der Waals surface area contributed by atoms with E-state index in [1.54, 1.807) is 6.08 Å². The number of allylic oxidation sites excluding steroid dienone is 1. The topological polar surface area (TPSA) is 0 Å². The highest BCUT2D eigenvalue weighted by Gasteiger charge is 1.89. The van der Waals surface area contributed by atoms with Crippen molar-refractivity contribution < 1.29 is 0 Å². The Hall–Kier alpha value is -1.04. The van der Waals surface area contributed by atoms with Gasteiger partial charge in [0.15, 0.2) is 0 Å². The molecule has 14 heavy (non-hydrogen) atoms. The molecule has 0 unspecified atom stereocenters. The molecule has 80 valence electrons. The zero-order valence-electron chi connectivity index (χ0n) is 10.5. The molecule has 0 aliphatic carbocycles. The maximum absolute atomic E-state index is 3.36. The maximum atomic E-state index is 3.36. The summed E-state index contributed by atoms with van der Waals surface area (Å²) in [6.07, 6.45) is 1.75. The van der Waals surface area contributed by atoms with Crippen molar-refractivity contribution in [2.45, 2.75) is 41.5 Å². The summed E-state index contributed by atoms with van der Waals surface area (Å²) in [6.45, 7) is 15.6. The van der Waals surface area contributed by atoms with Gasteiger partial charge in [-0.25, -0.2) is 0 Å². The first-order chi connectivity index (χ1) is 6.61. The minimum atomic E-state index is 1.35. The van der Waals surface area contributed by atoms with Gasteiger partial charge in [-0.15, -0.1) is 6.58 Å².